The van der Waals surface area contributed by atoms with Gasteiger partial charge in [0.1, 0.15) is 11.6 Å². The lowest BCUT2D eigenvalue weighted by Crippen LogP contribution is -2.26. The minimum Gasteiger partial charge on any atom is -0.351 e. The molecule has 0 unspecified atom stereocenters. The van der Waals surface area contributed by atoms with E-state index in [1.165, 1.54) is 30.0 Å². The lowest BCUT2D eigenvalue weighted by Gasteiger charge is -2.08. The molecule has 7 heteroatoms. The Morgan fingerprint density at radius 2 is 1.91 bits per heavy atom. The number of hydrogen-bond donors (Lipinski definition) is 1. The monoisotopic (exact) mass is 375 g/mol. The Balaban J connectivity index is 1.78. The van der Waals surface area contributed by atoms with E-state index >= 15 is 0 Å². The SMILES string of the molecule is O=C(NCCSCc1c(F)cccc1Cl)c1ccc(Cl)cc1F. The summed E-state index contributed by atoms with van der Waals surface area (Å²) in [5, 5.41) is 3.22. The van der Waals surface area contributed by atoms with Gasteiger partial charge in [0.25, 0.3) is 5.91 Å². The van der Waals surface area contributed by atoms with Gasteiger partial charge in [-0.2, -0.15) is 11.8 Å². The number of benzene rings is 2. The zero-order valence-corrected chi connectivity index (χ0v) is 14.2. The predicted octanol–water partition coefficient (Wildman–Crippen LogP) is 4.93. The van der Waals surface area contributed by atoms with Crippen molar-refractivity contribution < 1.29 is 13.6 Å². The summed E-state index contributed by atoms with van der Waals surface area (Å²) in [5.74, 6) is -0.579. The first kappa shape index (κ1) is 18.0. The standard InChI is InChI=1S/C16H13Cl2F2NOS/c17-10-4-5-11(15(20)8-10)16(22)21-6-7-23-9-12-13(18)2-1-3-14(12)19/h1-5,8H,6-7,9H2,(H,21,22). The highest BCUT2D eigenvalue weighted by molar-refractivity contribution is 7.98. The van der Waals surface area contributed by atoms with Gasteiger partial charge in [0.2, 0.25) is 0 Å². The summed E-state index contributed by atoms with van der Waals surface area (Å²) in [6.45, 7) is 0.331. The van der Waals surface area contributed by atoms with Gasteiger partial charge < -0.3 is 5.32 Å². The predicted molar refractivity (Wildman–Crippen MR) is 91.3 cm³/mol. The number of hydrogen-bond acceptors (Lipinski definition) is 2. The van der Waals surface area contributed by atoms with Crippen LogP contribution in [-0.4, -0.2) is 18.2 Å². The number of thioether (sulfide) groups is 1. The van der Waals surface area contributed by atoms with Crippen LogP contribution in [0.2, 0.25) is 10.0 Å². The number of halogens is 4. The minimum absolute atomic E-state index is 0.0588. The number of amides is 1. The van der Waals surface area contributed by atoms with Crippen LogP contribution >= 0.6 is 35.0 Å². The van der Waals surface area contributed by atoms with Gasteiger partial charge in [0.05, 0.1) is 5.56 Å². The highest BCUT2D eigenvalue weighted by Gasteiger charge is 2.11. The Hall–Kier alpha value is -1.30. The maximum absolute atomic E-state index is 13.6. The van der Waals surface area contributed by atoms with Crippen molar-refractivity contribution in [1.29, 1.82) is 0 Å². The Morgan fingerprint density at radius 1 is 1.13 bits per heavy atom. The number of carbonyl (C=O) groups is 1. The van der Waals surface area contributed by atoms with Crippen molar-refractivity contribution in [2.45, 2.75) is 5.75 Å². The molecule has 0 atom stereocenters. The molecule has 0 saturated heterocycles. The molecule has 1 amide bonds. The van der Waals surface area contributed by atoms with Crippen molar-refractivity contribution in [2.24, 2.45) is 0 Å². The molecule has 0 saturated carbocycles. The topological polar surface area (TPSA) is 29.1 Å². The van der Waals surface area contributed by atoms with E-state index in [9.17, 15) is 13.6 Å². The molecular formula is C16H13Cl2F2NOS. The minimum atomic E-state index is -0.666. The van der Waals surface area contributed by atoms with Crippen LogP contribution in [-0.2, 0) is 5.75 Å². The molecule has 0 heterocycles. The molecular weight excluding hydrogens is 363 g/mol. The van der Waals surface area contributed by atoms with Crippen molar-refractivity contribution in [1.82, 2.24) is 5.32 Å². The first-order valence-electron chi connectivity index (χ1n) is 6.73. The normalized spacial score (nSPS) is 10.6. The third-order valence-corrected chi connectivity index (χ3v) is 4.59. The molecule has 0 bridgehead atoms. The molecule has 2 aromatic carbocycles. The summed E-state index contributed by atoms with van der Waals surface area (Å²) in [5.41, 5.74) is 0.380. The molecule has 2 nitrogen and oxygen atoms in total. The van der Waals surface area contributed by atoms with Crippen molar-refractivity contribution in [2.75, 3.05) is 12.3 Å². The Morgan fingerprint density at radius 3 is 2.61 bits per heavy atom. The highest BCUT2D eigenvalue weighted by Crippen LogP contribution is 2.23. The smallest absolute Gasteiger partial charge is 0.254 e. The summed E-state index contributed by atoms with van der Waals surface area (Å²) in [6.07, 6.45) is 0. The van der Waals surface area contributed by atoms with Gasteiger partial charge in [-0.05, 0) is 30.3 Å². The van der Waals surface area contributed by atoms with Crippen LogP contribution in [0.1, 0.15) is 15.9 Å². The van der Waals surface area contributed by atoms with Gasteiger partial charge in [0.15, 0.2) is 0 Å². The van der Waals surface area contributed by atoms with Crippen LogP contribution in [0.25, 0.3) is 0 Å². The third kappa shape index (κ3) is 5.09. The van der Waals surface area contributed by atoms with Crippen LogP contribution in [0.5, 0.6) is 0 Å². The molecule has 0 aromatic heterocycles. The van der Waals surface area contributed by atoms with Crippen molar-refractivity contribution in [3.63, 3.8) is 0 Å². The molecule has 1 N–H and O–H groups in total. The Bertz CT molecular complexity index is 692. The van der Waals surface area contributed by atoms with Crippen LogP contribution < -0.4 is 5.32 Å². The van der Waals surface area contributed by atoms with E-state index in [0.29, 0.717) is 28.6 Å². The third-order valence-electron chi connectivity index (χ3n) is 3.02. The van der Waals surface area contributed by atoms with Crippen LogP contribution in [0.15, 0.2) is 36.4 Å². The molecule has 0 aliphatic heterocycles. The Labute approximate surface area is 147 Å². The second kappa shape index (κ2) is 8.52. The van der Waals surface area contributed by atoms with Crippen LogP contribution in [0.4, 0.5) is 8.78 Å². The Kier molecular flexibility index (Phi) is 6.69. The summed E-state index contributed by atoms with van der Waals surface area (Å²) < 4.78 is 27.1. The van der Waals surface area contributed by atoms with Gasteiger partial charge in [-0.3, -0.25) is 4.79 Å². The molecule has 2 aromatic rings. The fourth-order valence-electron chi connectivity index (χ4n) is 1.85. The van der Waals surface area contributed by atoms with E-state index < -0.39 is 11.7 Å². The van der Waals surface area contributed by atoms with E-state index in [1.807, 2.05) is 0 Å². The summed E-state index contributed by atoms with van der Waals surface area (Å²) in [7, 11) is 0. The number of carbonyl (C=O) groups excluding carboxylic acids is 1. The van der Waals surface area contributed by atoms with E-state index in [-0.39, 0.29) is 16.4 Å². The number of nitrogens with one attached hydrogen (secondary N) is 1. The van der Waals surface area contributed by atoms with Crippen molar-refractivity contribution in [3.05, 3.63) is 69.2 Å². The van der Waals surface area contributed by atoms with E-state index in [4.69, 9.17) is 23.2 Å². The van der Waals surface area contributed by atoms with E-state index in [1.54, 1.807) is 12.1 Å². The molecule has 122 valence electrons. The molecule has 0 aliphatic carbocycles. The van der Waals surface area contributed by atoms with Gasteiger partial charge in [-0.1, -0.05) is 29.3 Å². The van der Waals surface area contributed by atoms with Crippen molar-refractivity contribution >= 4 is 40.9 Å². The molecule has 23 heavy (non-hydrogen) atoms. The summed E-state index contributed by atoms with van der Waals surface area (Å²) in [6, 6.07) is 8.41. The average Bonchev–Trinajstić information content (AvgIpc) is 2.49. The van der Waals surface area contributed by atoms with Gasteiger partial charge in [-0.15, -0.1) is 0 Å². The zero-order valence-electron chi connectivity index (χ0n) is 11.9. The van der Waals surface area contributed by atoms with Gasteiger partial charge in [-0.25, -0.2) is 8.78 Å². The maximum atomic E-state index is 13.6. The fourth-order valence-corrected chi connectivity index (χ4v) is 3.21. The quantitative estimate of drug-likeness (QED) is 0.724. The second-order valence-electron chi connectivity index (χ2n) is 4.63. The second-order valence-corrected chi connectivity index (χ2v) is 6.58. The van der Waals surface area contributed by atoms with Crippen molar-refractivity contribution in [3.8, 4) is 0 Å². The first-order valence-corrected chi connectivity index (χ1v) is 8.64. The highest BCUT2D eigenvalue weighted by atomic mass is 35.5. The molecule has 0 radical (unpaired) electrons. The first-order chi connectivity index (χ1) is 11.0. The molecule has 0 spiro atoms. The number of rotatable bonds is 6. The molecule has 2 rings (SSSR count). The largest absolute Gasteiger partial charge is 0.351 e. The molecule has 0 aliphatic rings. The fraction of sp³-hybridized carbons (Fsp3) is 0.188. The van der Waals surface area contributed by atoms with Gasteiger partial charge >= 0.3 is 0 Å². The van der Waals surface area contributed by atoms with Crippen LogP contribution in [0, 0.1) is 11.6 Å². The van der Waals surface area contributed by atoms with E-state index in [2.05, 4.69) is 5.32 Å². The maximum Gasteiger partial charge on any atom is 0.254 e. The van der Waals surface area contributed by atoms with E-state index in [0.717, 1.165) is 6.07 Å². The average molecular weight is 376 g/mol. The van der Waals surface area contributed by atoms with Gasteiger partial charge in [0, 0.05) is 33.7 Å². The lowest BCUT2D eigenvalue weighted by atomic mass is 10.2. The molecule has 0 fully saturated rings. The zero-order chi connectivity index (χ0) is 16.8. The summed E-state index contributed by atoms with van der Waals surface area (Å²) in [4.78, 5) is 11.8. The van der Waals surface area contributed by atoms with Crippen LogP contribution in [0.3, 0.4) is 0 Å². The lowest BCUT2D eigenvalue weighted by molar-refractivity contribution is 0.0952. The summed E-state index contributed by atoms with van der Waals surface area (Å²) >= 11 is 13.0.